The molecule has 27 heavy (non-hydrogen) atoms. The molecule has 7 nitrogen and oxygen atoms in total. The molecule has 2 atom stereocenters. The average Bonchev–Trinajstić information content (AvgIpc) is 3.05. The number of fused-ring (bicyclic) bond motifs is 2. The van der Waals surface area contributed by atoms with Crippen LogP contribution in [0.4, 0.5) is 0 Å². The summed E-state index contributed by atoms with van der Waals surface area (Å²) >= 11 is 0. The first-order valence-electron chi connectivity index (χ1n) is 8.96. The molecule has 1 aromatic heterocycles. The van der Waals surface area contributed by atoms with Gasteiger partial charge in [-0.3, -0.25) is 9.78 Å². The van der Waals surface area contributed by atoms with Crippen LogP contribution in [0, 0.1) is 0 Å². The molecule has 1 amide bonds. The molecule has 2 aromatic rings. The minimum atomic E-state index is -3.63. The number of pyridine rings is 1. The Morgan fingerprint density at radius 1 is 1.22 bits per heavy atom. The molecule has 8 heteroatoms. The van der Waals surface area contributed by atoms with Gasteiger partial charge in [0.2, 0.25) is 15.9 Å². The van der Waals surface area contributed by atoms with Gasteiger partial charge in [0.1, 0.15) is 17.3 Å². The van der Waals surface area contributed by atoms with Crippen molar-refractivity contribution in [1.82, 2.24) is 14.6 Å². The van der Waals surface area contributed by atoms with Gasteiger partial charge >= 0.3 is 0 Å². The second-order valence-electron chi connectivity index (χ2n) is 6.84. The fourth-order valence-corrected chi connectivity index (χ4v) is 5.44. The molecule has 1 saturated heterocycles. The number of aryl methyl sites for hydroxylation is 1. The van der Waals surface area contributed by atoms with Crippen molar-refractivity contribution in [3.05, 3.63) is 54.4 Å². The molecule has 0 radical (unpaired) electrons. The average molecular weight is 387 g/mol. The first-order valence-corrected chi connectivity index (χ1v) is 10.4. The monoisotopic (exact) mass is 387 g/mol. The summed E-state index contributed by atoms with van der Waals surface area (Å²) in [5, 5.41) is 2.97. The topological polar surface area (TPSA) is 88.6 Å². The van der Waals surface area contributed by atoms with Gasteiger partial charge in [0, 0.05) is 31.4 Å². The molecular weight excluding hydrogens is 366 g/mol. The predicted octanol–water partition coefficient (Wildman–Crippen LogP) is 1.35. The zero-order chi connectivity index (χ0) is 18.9. The summed E-state index contributed by atoms with van der Waals surface area (Å²) in [5.41, 5.74) is 1.05. The summed E-state index contributed by atoms with van der Waals surface area (Å²) in [7, 11) is -3.63. The number of nitrogens with zero attached hydrogens (tertiary/aromatic N) is 2. The molecule has 1 aromatic carbocycles. The Balaban J connectivity index is 1.41. The van der Waals surface area contributed by atoms with Crippen molar-refractivity contribution in [2.45, 2.75) is 36.2 Å². The second-order valence-corrected chi connectivity index (χ2v) is 8.70. The van der Waals surface area contributed by atoms with E-state index in [1.165, 1.54) is 4.31 Å². The van der Waals surface area contributed by atoms with Crippen LogP contribution in [-0.2, 0) is 21.2 Å². The van der Waals surface area contributed by atoms with Crippen molar-refractivity contribution in [1.29, 1.82) is 0 Å². The minimum Gasteiger partial charge on any atom is -0.490 e. The maximum atomic E-state index is 13.0. The maximum Gasteiger partial charge on any atom is 0.247 e. The molecule has 0 unspecified atom stereocenters. The standard InChI is InChI=1S/C19H21N3O4S/c23-19(6-5-14-7-9-20-10-8-14)21-15-11-16-13-26-17-3-1-2-4-18(17)27(24,25)22(16)12-15/h1-4,7-10,15-16H,5-6,11-13H2,(H,21,23)/t15-,16-/m0/s1. The number of nitrogens with one attached hydrogen (secondary N) is 1. The van der Waals surface area contributed by atoms with E-state index in [9.17, 15) is 13.2 Å². The minimum absolute atomic E-state index is 0.0758. The third-order valence-electron chi connectivity index (χ3n) is 4.99. The maximum absolute atomic E-state index is 13.0. The van der Waals surface area contributed by atoms with E-state index >= 15 is 0 Å². The van der Waals surface area contributed by atoms with Crippen LogP contribution < -0.4 is 10.1 Å². The molecule has 2 aliphatic heterocycles. The molecule has 0 saturated carbocycles. The Kier molecular flexibility index (Phi) is 4.84. The number of ether oxygens (including phenoxy) is 1. The highest BCUT2D eigenvalue weighted by Crippen LogP contribution is 2.35. The first kappa shape index (κ1) is 17.9. The second kappa shape index (κ2) is 7.28. The molecule has 1 fully saturated rings. The van der Waals surface area contributed by atoms with E-state index < -0.39 is 10.0 Å². The number of aromatic nitrogens is 1. The molecule has 3 heterocycles. The molecule has 1 N–H and O–H groups in total. The Hall–Kier alpha value is -2.45. The lowest BCUT2D eigenvalue weighted by Gasteiger charge is -2.19. The van der Waals surface area contributed by atoms with Crippen molar-refractivity contribution in [2.24, 2.45) is 0 Å². The molecule has 0 spiro atoms. The van der Waals surface area contributed by atoms with E-state index in [0.29, 0.717) is 31.6 Å². The molecule has 0 aliphatic carbocycles. The number of carbonyl (C=O) groups is 1. The third kappa shape index (κ3) is 3.68. The van der Waals surface area contributed by atoms with Crippen LogP contribution in [0.1, 0.15) is 18.4 Å². The lowest BCUT2D eigenvalue weighted by Crippen LogP contribution is -2.39. The quantitative estimate of drug-likeness (QED) is 0.856. The summed E-state index contributed by atoms with van der Waals surface area (Å²) in [6, 6.07) is 9.98. The van der Waals surface area contributed by atoms with E-state index in [4.69, 9.17) is 4.74 Å². The van der Waals surface area contributed by atoms with Crippen LogP contribution in [0.25, 0.3) is 0 Å². The van der Waals surface area contributed by atoms with E-state index in [2.05, 4.69) is 10.3 Å². The van der Waals surface area contributed by atoms with Crippen molar-refractivity contribution in [3.63, 3.8) is 0 Å². The number of rotatable bonds is 4. The van der Waals surface area contributed by atoms with Crippen molar-refractivity contribution in [2.75, 3.05) is 13.2 Å². The van der Waals surface area contributed by atoms with Crippen LogP contribution in [-0.4, -0.2) is 48.8 Å². The SMILES string of the molecule is O=C(CCc1ccncc1)N[C@H]1C[C@H]2COc3ccccc3S(=O)(=O)N2C1. The summed E-state index contributed by atoms with van der Waals surface area (Å²) < 4.78 is 33.1. The van der Waals surface area contributed by atoms with Crippen molar-refractivity contribution in [3.8, 4) is 5.75 Å². The Labute approximate surface area is 158 Å². The summed E-state index contributed by atoms with van der Waals surface area (Å²) in [6.45, 7) is 0.561. The van der Waals surface area contributed by atoms with Crippen LogP contribution >= 0.6 is 0 Å². The highest BCUT2D eigenvalue weighted by Gasteiger charge is 2.43. The normalized spacial score (nSPS) is 23.6. The number of hydrogen-bond donors (Lipinski definition) is 1. The van der Waals surface area contributed by atoms with Crippen LogP contribution in [0.15, 0.2) is 53.7 Å². The van der Waals surface area contributed by atoms with Gasteiger partial charge in [-0.2, -0.15) is 4.31 Å². The van der Waals surface area contributed by atoms with Gasteiger partial charge in [-0.25, -0.2) is 8.42 Å². The molecule has 4 rings (SSSR count). The highest BCUT2D eigenvalue weighted by molar-refractivity contribution is 7.89. The lowest BCUT2D eigenvalue weighted by molar-refractivity contribution is -0.121. The molecule has 142 valence electrons. The Bertz CT molecular complexity index is 933. The van der Waals surface area contributed by atoms with Crippen LogP contribution in [0.2, 0.25) is 0 Å². The van der Waals surface area contributed by atoms with Crippen LogP contribution in [0.3, 0.4) is 0 Å². The number of sulfonamides is 1. The number of amides is 1. The van der Waals surface area contributed by atoms with Gasteiger partial charge in [-0.05, 0) is 42.7 Å². The van der Waals surface area contributed by atoms with E-state index in [0.717, 1.165) is 5.56 Å². The third-order valence-corrected chi connectivity index (χ3v) is 6.94. The lowest BCUT2D eigenvalue weighted by atomic mass is 10.1. The molecule has 2 aliphatic rings. The van der Waals surface area contributed by atoms with Gasteiger partial charge in [0.05, 0.1) is 6.04 Å². The smallest absolute Gasteiger partial charge is 0.247 e. The summed E-state index contributed by atoms with van der Waals surface area (Å²) in [4.78, 5) is 16.4. The number of para-hydroxylation sites is 1. The predicted molar refractivity (Wildman–Crippen MR) is 98.7 cm³/mol. The number of hydrogen-bond acceptors (Lipinski definition) is 5. The van der Waals surface area contributed by atoms with E-state index in [-0.39, 0.29) is 29.4 Å². The van der Waals surface area contributed by atoms with Crippen molar-refractivity contribution >= 4 is 15.9 Å². The van der Waals surface area contributed by atoms with Gasteiger partial charge in [0.25, 0.3) is 0 Å². The fraction of sp³-hybridized carbons (Fsp3) is 0.368. The summed E-state index contributed by atoms with van der Waals surface area (Å²) in [6.07, 6.45) is 4.94. The van der Waals surface area contributed by atoms with Gasteiger partial charge in [-0.15, -0.1) is 0 Å². The Morgan fingerprint density at radius 3 is 2.81 bits per heavy atom. The summed E-state index contributed by atoms with van der Waals surface area (Å²) in [5.74, 6) is 0.318. The first-order chi connectivity index (χ1) is 13.0. The van der Waals surface area contributed by atoms with E-state index in [1.54, 1.807) is 36.7 Å². The Morgan fingerprint density at radius 2 is 2.00 bits per heavy atom. The van der Waals surface area contributed by atoms with Gasteiger partial charge < -0.3 is 10.1 Å². The highest BCUT2D eigenvalue weighted by atomic mass is 32.2. The molecular formula is C19H21N3O4S. The van der Waals surface area contributed by atoms with Crippen molar-refractivity contribution < 1.29 is 17.9 Å². The van der Waals surface area contributed by atoms with Gasteiger partial charge in [-0.1, -0.05) is 12.1 Å². The number of carbonyl (C=O) groups excluding carboxylic acids is 1. The van der Waals surface area contributed by atoms with Gasteiger partial charge in [0.15, 0.2) is 0 Å². The zero-order valence-electron chi connectivity index (χ0n) is 14.7. The fourth-order valence-electron chi connectivity index (χ4n) is 3.64. The largest absolute Gasteiger partial charge is 0.490 e. The van der Waals surface area contributed by atoms with E-state index in [1.807, 2.05) is 12.1 Å². The number of benzene rings is 1. The zero-order valence-corrected chi connectivity index (χ0v) is 15.6. The van der Waals surface area contributed by atoms with Crippen LogP contribution in [0.5, 0.6) is 5.75 Å². The molecule has 0 bridgehead atoms.